The van der Waals surface area contributed by atoms with Crippen LogP contribution in [0.15, 0.2) is 36.8 Å². The van der Waals surface area contributed by atoms with Crippen LogP contribution in [-0.2, 0) is 10.0 Å². The molecule has 0 spiro atoms. The Morgan fingerprint density at radius 1 is 1.04 bits per heavy atom. The lowest BCUT2D eigenvalue weighted by Crippen LogP contribution is -2.25. The quantitative estimate of drug-likeness (QED) is 0.636. The van der Waals surface area contributed by atoms with Crippen LogP contribution in [0, 0.1) is 13.8 Å². The van der Waals surface area contributed by atoms with Crippen molar-refractivity contribution in [3.05, 3.63) is 48.3 Å². The highest BCUT2D eigenvalue weighted by molar-refractivity contribution is 7.92. The summed E-state index contributed by atoms with van der Waals surface area (Å²) >= 11 is 0. The van der Waals surface area contributed by atoms with Crippen molar-refractivity contribution in [3.8, 4) is 0 Å². The van der Waals surface area contributed by atoms with Crippen molar-refractivity contribution in [2.75, 3.05) is 28.2 Å². The predicted octanol–water partition coefficient (Wildman–Crippen LogP) is 2.16. The lowest BCUT2D eigenvalue weighted by molar-refractivity contribution is 0.600. The molecule has 11 heteroatoms. The van der Waals surface area contributed by atoms with E-state index in [-0.39, 0.29) is 17.3 Å². The molecule has 3 heterocycles. The van der Waals surface area contributed by atoms with Gasteiger partial charge in [0.15, 0.2) is 5.82 Å². The first kappa shape index (κ1) is 15.7. The maximum atomic E-state index is 12.2. The third kappa shape index (κ3) is 4.68. The van der Waals surface area contributed by atoms with Crippen LogP contribution in [0.25, 0.3) is 0 Å². The second-order valence-electron chi connectivity index (χ2n) is 5.88. The van der Waals surface area contributed by atoms with Crippen molar-refractivity contribution < 1.29 is 12.5 Å². The minimum absolute atomic E-state index is 0.00225. The van der Waals surface area contributed by atoms with Gasteiger partial charge in [-0.3, -0.25) is 4.31 Å². The van der Waals surface area contributed by atoms with Crippen molar-refractivity contribution in [1.82, 2.24) is 24.9 Å². The van der Waals surface area contributed by atoms with Crippen molar-refractivity contribution in [3.63, 3.8) is 0 Å². The molecule has 0 aliphatic heterocycles. The number of anilines is 5. The molecule has 0 atom stereocenters. The second kappa shape index (κ2) is 7.72. The first-order valence-corrected chi connectivity index (χ1v) is 9.92. The Labute approximate surface area is 167 Å². The van der Waals surface area contributed by atoms with E-state index in [1.807, 2.05) is 6.92 Å². The number of aromatic nitrogens is 5. The summed E-state index contributed by atoms with van der Waals surface area (Å²) in [6.45, 7) is 0.675. The monoisotopic (exact) mass is 403 g/mol. The average molecular weight is 403 g/mol. The third-order valence-corrected chi connectivity index (χ3v) is 4.33. The number of nitrogens with one attached hydrogen (secondary N) is 2. The van der Waals surface area contributed by atoms with E-state index in [0.29, 0.717) is 21.8 Å². The van der Waals surface area contributed by atoms with Crippen molar-refractivity contribution >= 4 is 39.0 Å². The standard InChI is InChI=1S/C17H20N8O2S/c1-11-8-16(22-12(2)21-11)23-14-9-15(20-10-19-14)24-17-13(6-5-7-18-17)25(3)28(4,26)27/h5-10H,1-4H3,(H2,18,19,20,21,22,23,24)/i3D3. The molecule has 0 aliphatic rings. The molecular weight excluding hydrogens is 380 g/mol. The molecule has 0 aromatic carbocycles. The van der Waals surface area contributed by atoms with Crippen molar-refractivity contribution in [1.29, 1.82) is 0 Å². The van der Waals surface area contributed by atoms with E-state index in [1.165, 1.54) is 24.7 Å². The normalized spacial score (nSPS) is 13.2. The molecular formula is C17H20N8O2S. The molecule has 10 nitrogen and oxygen atoms in total. The summed E-state index contributed by atoms with van der Waals surface area (Å²) in [5.41, 5.74) is 0.645. The van der Waals surface area contributed by atoms with Gasteiger partial charge in [0, 0.05) is 35.1 Å². The molecule has 0 saturated carbocycles. The predicted molar refractivity (Wildman–Crippen MR) is 108 cm³/mol. The minimum atomic E-state index is -4.12. The number of hydrogen-bond acceptors (Lipinski definition) is 9. The fourth-order valence-corrected chi connectivity index (χ4v) is 2.87. The zero-order valence-corrected chi connectivity index (χ0v) is 16.2. The van der Waals surface area contributed by atoms with Crippen LogP contribution in [0.3, 0.4) is 0 Å². The highest BCUT2D eigenvalue weighted by atomic mass is 32.2. The number of nitrogens with zero attached hydrogens (tertiary/aromatic N) is 6. The molecule has 0 fully saturated rings. The Morgan fingerprint density at radius 2 is 1.79 bits per heavy atom. The molecule has 2 N–H and O–H groups in total. The summed E-state index contributed by atoms with van der Waals surface area (Å²) in [4.78, 5) is 20.8. The zero-order chi connectivity index (χ0) is 22.8. The summed E-state index contributed by atoms with van der Waals surface area (Å²) in [5.74, 6) is 1.81. The Hall–Kier alpha value is -3.34. The van der Waals surface area contributed by atoms with Gasteiger partial charge in [-0.15, -0.1) is 0 Å². The van der Waals surface area contributed by atoms with E-state index in [4.69, 9.17) is 4.11 Å². The van der Waals surface area contributed by atoms with Crippen LogP contribution in [0.2, 0.25) is 0 Å². The highest BCUT2D eigenvalue weighted by Gasteiger charge is 2.17. The summed E-state index contributed by atoms with van der Waals surface area (Å²) in [7, 11) is -4.12. The van der Waals surface area contributed by atoms with Gasteiger partial charge < -0.3 is 10.6 Å². The number of sulfonamides is 1. The Bertz CT molecular complexity index is 1180. The van der Waals surface area contributed by atoms with Gasteiger partial charge in [-0.05, 0) is 26.0 Å². The van der Waals surface area contributed by atoms with Gasteiger partial charge in [0.1, 0.15) is 29.6 Å². The number of aryl methyl sites for hydroxylation is 2. The van der Waals surface area contributed by atoms with Gasteiger partial charge in [0.2, 0.25) is 10.0 Å². The van der Waals surface area contributed by atoms with E-state index >= 15 is 0 Å². The van der Waals surface area contributed by atoms with Crippen molar-refractivity contribution in [2.24, 2.45) is 0 Å². The summed E-state index contributed by atoms with van der Waals surface area (Å²) < 4.78 is 47.5. The molecule has 0 radical (unpaired) electrons. The minimum Gasteiger partial charge on any atom is -0.325 e. The molecule has 3 aromatic rings. The lowest BCUT2D eigenvalue weighted by atomic mass is 10.3. The zero-order valence-electron chi connectivity index (χ0n) is 18.4. The fourth-order valence-electron chi connectivity index (χ4n) is 2.36. The molecule has 0 amide bonds. The number of hydrogen-bond donors (Lipinski definition) is 2. The lowest BCUT2D eigenvalue weighted by Gasteiger charge is -2.19. The first-order valence-electron chi connectivity index (χ1n) is 9.57. The van der Waals surface area contributed by atoms with Crippen LogP contribution < -0.4 is 14.9 Å². The van der Waals surface area contributed by atoms with Crippen LogP contribution >= 0.6 is 0 Å². The maximum absolute atomic E-state index is 12.2. The van der Waals surface area contributed by atoms with Gasteiger partial charge in [0.05, 0.1) is 11.9 Å². The van der Waals surface area contributed by atoms with E-state index < -0.39 is 17.0 Å². The first-order chi connectivity index (χ1) is 14.4. The molecule has 3 aromatic heterocycles. The van der Waals surface area contributed by atoms with Crippen molar-refractivity contribution in [2.45, 2.75) is 13.8 Å². The SMILES string of the molecule is [2H]C([2H])([2H])N(c1cccnc1Nc1cc(Nc2cc(C)nc(C)n2)ncn1)S(C)(=O)=O. The third-order valence-electron chi connectivity index (χ3n) is 3.47. The summed E-state index contributed by atoms with van der Waals surface area (Å²) in [5, 5.41) is 5.89. The van der Waals surface area contributed by atoms with E-state index in [1.54, 1.807) is 19.1 Å². The van der Waals surface area contributed by atoms with Gasteiger partial charge in [-0.2, -0.15) is 0 Å². The molecule has 0 aliphatic carbocycles. The molecule has 3 rings (SSSR count). The second-order valence-corrected chi connectivity index (χ2v) is 7.71. The molecule has 0 unspecified atom stereocenters. The molecule has 28 heavy (non-hydrogen) atoms. The molecule has 146 valence electrons. The van der Waals surface area contributed by atoms with Crippen LogP contribution in [0.4, 0.5) is 29.0 Å². The van der Waals surface area contributed by atoms with Crippen LogP contribution in [0.5, 0.6) is 0 Å². The summed E-state index contributed by atoms with van der Waals surface area (Å²) in [6.07, 6.45) is 3.50. The maximum Gasteiger partial charge on any atom is 0.232 e. The number of pyridine rings is 1. The smallest absolute Gasteiger partial charge is 0.232 e. The Balaban J connectivity index is 1.93. The fraction of sp³-hybridized carbons (Fsp3) is 0.235. The van der Waals surface area contributed by atoms with Gasteiger partial charge in [-0.1, -0.05) is 0 Å². The van der Waals surface area contributed by atoms with Crippen LogP contribution in [-0.4, -0.2) is 46.6 Å². The van der Waals surface area contributed by atoms with Gasteiger partial charge in [-0.25, -0.2) is 33.3 Å². The summed E-state index contributed by atoms with van der Waals surface area (Å²) in [6, 6.07) is 6.08. The number of rotatable bonds is 6. The van der Waals surface area contributed by atoms with Crippen LogP contribution in [0.1, 0.15) is 15.6 Å². The highest BCUT2D eigenvalue weighted by Crippen LogP contribution is 2.27. The van der Waals surface area contributed by atoms with E-state index in [0.717, 1.165) is 11.9 Å². The molecule has 0 saturated heterocycles. The molecule has 0 bridgehead atoms. The Morgan fingerprint density at radius 3 is 2.46 bits per heavy atom. The van der Waals surface area contributed by atoms with E-state index in [9.17, 15) is 8.42 Å². The largest absolute Gasteiger partial charge is 0.325 e. The average Bonchev–Trinajstić information content (AvgIpc) is 2.60. The Kier molecular flexibility index (Phi) is 4.33. The topological polar surface area (TPSA) is 126 Å². The van der Waals surface area contributed by atoms with Gasteiger partial charge >= 0.3 is 0 Å². The van der Waals surface area contributed by atoms with Gasteiger partial charge in [0.25, 0.3) is 0 Å². The van der Waals surface area contributed by atoms with E-state index in [2.05, 4.69) is 35.6 Å².